The Morgan fingerprint density at radius 3 is 2.46 bits per heavy atom. The highest BCUT2D eigenvalue weighted by Crippen LogP contribution is 2.44. The predicted molar refractivity (Wildman–Crippen MR) is 132 cm³/mol. The minimum atomic E-state index is -0.348. The number of benzene rings is 2. The summed E-state index contributed by atoms with van der Waals surface area (Å²) in [6, 6.07) is 11.8. The van der Waals surface area contributed by atoms with Crippen LogP contribution in [0.15, 0.2) is 64.8 Å². The van der Waals surface area contributed by atoms with Gasteiger partial charge >= 0.3 is 0 Å². The summed E-state index contributed by atoms with van der Waals surface area (Å²) in [5.74, 6) is 0.864. The predicted octanol–water partition coefficient (Wildman–Crippen LogP) is 5.60. The molecule has 182 valence electrons. The summed E-state index contributed by atoms with van der Waals surface area (Å²) in [5.41, 5.74) is 5.18. The number of hydrogen-bond donors (Lipinski definition) is 1. The molecule has 7 heteroatoms. The SMILES string of the molecule is COc1cc(C/C=C2/C(C)=C(CC(=O)N(C)Cc3ccco3)c3cc(F)ccc32)cc(OC)c1O. The Bertz CT molecular complexity index is 1280. The number of rotatable bonds is 8. The van der Waals surface area contributed by atoms with Gasteiger partial charge in [-0.15, -0.1) is 0 Å². The number of methoxy groups -OCH3 is 2. The van der Waals surface area contributed by atoms with Crippen LogP contribution in [0, 0.1) is 5.82 Å². The number of allylic oxidation sites excluding steroid dienone is 3. The first-order valence-electron chi connectivity index (χ1n) is 11.2. The van der Waals surface area contributed by atoms with Gasteiger partial charge in [0.15, 0.2) is 11.5 Å². The number of carbonyl (C=O) groups is 1. The van der Waals surface area contributed by atoms with Gasteiger partial charge in [-0.2, -0.15) is 0 Å². The van der Waals surface area contributed by atoms with E-state index in [-0.39, 0.29) is 23.9 Å². The smallest absolute Gasteiger partial charge is 0.227 e. The zero-order valence-corrected chi connectivity index (χ0v) is 20.2. The Balaban J connectivity index is 1.64. The van der Waals surface area contributed by atoms with E-state index in [0.29, 0.717) is 30.2 Å². The largest absolute Gasteiger partial charge is 0.502 e. The average Bonchev–Trinajstić information content (AvgIpc) is 3.44. The van der Waals surface area contributed by atoms with Crippen molar-refractivity contribution in [2.45, 2.75) is 26.3 Å². The number of amides is 1. The van der Waals surface area contributed by atoms with E-state index in [2.05, 4.69) is 0 Å². The van der Waals surface area contributed by atoms with Gasteiger partial charge in [0, 0.05) is 7.05 Å². The Morgan fingerprint density at radius 1 is 1.11 bits per heavy atom. The number of phenolic OH excluding ortho intramolecular Hbond substituents is 1. The number of carbonyl (C=O) groups excluding carboxylic acids is 1. The summed E-state index contributed by atoms with van der Waals surface area (Å²) in [5, 5.41) is 10.2. The van der Waals surface area contributed by atoms with E-state index in [1.165, 1.54) is 26.4 Å². The van der Waals surface area contributed by atoms with Crippen molar-refractivity contribution in [2.75, 3.05) is 21.3 Å². The van der Waals surface area contributed by atoms with E-state index >= 15 is 0 Å². The van der Waals surface area contributed by atoms with E-state index in [1.807, 2.05) is 19.1 Å². The molecule has 0 saturated heterocycles. The number of aromatic hydroxyl groups is 1. The Kier molecular flexibility index (Phi) is 6.96. The van der Waals surface area contributed by atoms with Gasteiger partial charge < -0.3 is 23.9 Å². The molecule has 0 aliphatic heterocycles. The molecular weight excluding hydrogens is 449 g/mol. The maximum Gasteiger partial charge on any atom is 0.227 e. The molecule has 0 unspecified atom stereocenters. The maximum absolute atomic E-state index is 14.2. The third kappa shape index (κ3) is 4.94. The molecule has 1 aliphatic rings. The number of phenols is 1. The van der Waals surface area contributed by atoms with Crippen LogP contribution >= 0.6 is 0 Å². The lowest BCUT2D eigenvalue weighted by Gasteiger charge is -2.17. The Hall–Kier alpha value is -4.00. The molecule has 3 aromatic rings. The molecule has 4 rings (SSSR count). The van der Waals surface area contributed by atoms with Crippen molar-refractivity contribution >= 4 is 17.1 Å². The number of fused-ring (bicyclic) bond motifs is 1. The van der Waals surface area contributed by atoms with Gasteiger partial charge in [0.05, 0.1) is 33.4 Å². The Morgan fingerprint density at radius 2 is 1.83 bits per heavy atom. The minimum Gasteiger partial charge on any atom is -0.502 e. The lowest BCUT2D eigenvalue weighted by atomic mass is 10.00. The molecule has 1 amide bonds. The standard InChI is InChI=1S/C28H28FNO5/c1-17-21(9-7-18-12-25(33-3)28(32)26(13-18)34-4)22-10-8-19(29)14-24(22)23(17)15-27(31)30(2)16-20-6-5-11-35-20/h5-6,8-14,32H,7,15-16H2,1-4H3/b21-9-. The zero-order valence-electron chi connectivity index (χ0n) is 20.2. The van der Waals surface area contributed by atoms with Crippen molar-refractivity contribution in [3.05, 3.63) is 88.6 Å². The van der Waals surface area contributed by atoms with Gasteiger partial charge in [-0.05, 0) is 83.2 Å². The van der Waals surface area contributed by atoms with Crippen LogP contribution in [-0.4, -0.2) is 37.2 Å². The molecule has 2 aromatic carbocycles. The van der Waals surface area contributed by atoms with Crippen LogP contribution in [0.5, 0.6) is 17.2 Å². The number of furan rings is 1. The summed E-state index contributed by atoms with van der Waals surface area (Å²) in [7, 11) is 4.69. The van der Waals surface area contributed by atoms with Gasteiger partial charge in [-0.25, -0.2) is 4.39 Å². The molecule has 35 heavy (non-hydrogen) atoms. The van der Waals surface area contributed by atoms with E-state index in [0.717, 1.165) is 33.4 Å². The van der Waals surface area contributed by atoms with Gasteiger partial charge in [0.1, 0.15) is 11.6 Å². The van der Waals surface area contributed by atoms with Crippen LogP contribution in [0.1, 0.15) is 35.8 Å². The second kappa shape index (κ2) is 10.1. The molecule has 1 aromatic heterocycles. The summed E-state index contributed by atoms with van der Waals surface area (Å²) < 4.78 is 30.1. The monoisotopic (exact) mass is 477 g/mol. The molecule has 0 fully saturated rings. The number of hydrogen-bond acceptors (Lipinski definition) is 5. The van der Waals surface area contributed by atoms with Crippen molar-refractivity contribution in [3.8, 4) is 17.2 Å². The van der Waals surface area contributed by atoms with Crippen molar-refractivity contribution in [3.63, 3.8) is 0 Å². The van der Waals surface area contributed by atoms with Crippen LogP contribution in [0.2, 0.25) is 0 Å². The second-order valence-corrected chi connectivity index (χ2v) is 8.47. The third-order valence-electron chi connectivity index (χ3n) is 6.26. The number of ether oxygens (including phenoxy) is 2. The molecule has 0 radical (unpaired) electrons. The van der Waals surface area contributed by atoms with E-state index in [4.69, 9.17) is 13.9 Å². The van der Waals surface area contributed by atoms with Crippen LogP contribution in [0.4, 0.5) is 4.39 Å². The number of halogens is 1. The summed E-state index contributed by atoms with van der Waals surface area (Å²) >= 11 is 0. The minimum absolute atomic E-state index is 0.0522. The summed E-state index contributed by atoms with van der Waals surface area (Å²) in [6.45, 7) is 2.32. The normalized spacial score (nSPS) is 13.8. The lowest BCUT2D eigenvalue weighted by molar-refractivity contribution is -0.129. The van der Waals surface area contributed by atoms with Crippen molar-refractivity contribution in [1.29, 1.82) is 0 Å². The fourth-order valence-electron chi connectivity index (χ4n) is 4.35. The Labute approximate surface area is 203 Å². The fraction of sp³-hybridized carbons (Fsp3) is 0.250. The van der Waals surface area contributed by atoms with Gasteiger partial charge in [-0.1, -0.05) is 12.1 Å². The van der Waals surface area contributed by atoms with E-state index in [1.54, 1.807) is 42.5 Å². The van der Waals surface area contributed by atoms with Crippen LogP contribution in [-0.2, 0) is 17.8 Å². The first-order valence-corrected chi connectivity index (χ1v) is 11.2. The highest BCUT2D eigenvalue weighted by molar-refractivity contribution is 6.04. The highest BCUT2D eigenvalue weighted by atomic mass is 19.1. The van der Waals surface area contributed by atoms with Crippen LogP contribution in [0.25, 0.3) is 11.1 Å². The molecule has 0 spiro atoms. The average molecular weight is 478 g/mol. The zero-order chi connectivity index (χ0) is 25.1. The summed E-state index contributed by atoms with van der Waals surface area (Å²) in [4.78, 5) is 14.6. The molecule has 6 nitrogen and oxygen atoms in total. The van der Waals surface area contributed by atoms with Gasteiger partial charge in [0.2, 0.25) is 11.7 Å². The van der Waals surface area contributed by atoms with Crippen molar-refractivity contribution < 1.29 is 28.2 Å². The van der Waals surface area contributed by atoms with Crippen LogP contribution < -0.4 is 9.47 Å². The molecule has 0 bridgehead atoms. The first kappa shape index (κ1) is 24.1. The first-order chi connectivity index (χ1) is 16.8. The second-order valence-electron chi connectivity index (χ2n) is 8.47. The molecule has 0 atom stereocenters. The molecule has 1 N–H and O–H groups in total. The topological polar surface area (TPSA) is 72.1 Å². The van der Waals surface area contributed by atoms with E-state index < -0.39 is 0 Å². The van der Waals surface area contributed by atoms with Gasteiger partial charge in [0.25, 0.3) is 0 Å². The fourth-order valence-corrected chi connectivity index (χ4v) is 4.35. The third-order valence-corrected chi connectivity index (χ3v) is 6.26. The van der Waals surface area contributed by atoms with E-state index in [9.17, 15) is 14.3 Å². The highest BCUT2D eigenvalue weighted by Gasteiger charge is 2.27. The summed E-state index contributed by atoms with van der Waals surface area (Å²) in [6.07, 6.45) is 4.29. The van der Waals surface area contributed by atoms with Crippen molar-refractivity contribution in [2.24, 2.45) is 0 Å². The maximum atomic E-state index is 14.2. The lowest BCUT2D eigenvalue weighted by Crippen LogP contribution is -2.26. The van der Waals surface area contributed by atoms with Crippen molar-refractivity contribution in [1.82, 2.24) is 4.90 Å². The molecular formula is C28H28FNO5. The van der Waals surface area contributed by atoms with Crippen LogP contribution in [0.3, 0.4) is 0 Å². The molecule has 0 saturated carbocycles. The molecule has 1 heterocycles. The van der Waals surface area contributed by atoms with Gasteiger partial charge in [-0.3, -0.25) is 4.79 Å². The molecule has 1 aliphatic carbocycles. The quantitative estimate of drug-likeness (QED) is 0.457. The number of nitrogens with zero attached hydrogens (tertiary/aromatic N) is 1.